The van der Waals surface area contributed by atoms with Crippen LogP contribution in [0.3, 0.4) is 0 Å². The van der Waals surface area contributed by atoms with Gasteiger partial charge in [0.05, 0.1) is 26.4 Å². The second-order valence-electron chi connectivity index (χ2n) is 7.60. The highest BCUT2D eigenvalue weighted by Crippen LogP contribution is 2.32. The highest BCUT2D eigenvalue weighted by Gasteiger charge is 2.25. The van der Waals surface area contributed by atoms with Crippen molar-refractivity contribution < 1.29 is 20.4 Å². The number of hydrogen-bond acceptors (Lipinski definition) is 12. The SMILES string of the molecule is CCN(CC)c1nc(N(CCO)CCO)c2nc(N(CC)CC)nc(N(CCO)CCO)c2n1. The molecule has 0 aliphatic carbocycles. The molecule has 12 heteroatoms. The van der Waals surface area contributed by atoms with Crippen molar-refractivity contribution in [2.45, 2.75) is 27.7 Å². The lowest BCUT2D eigenvalue weighted by molar-refractivity contribution is 0.280. The van der Waals surface area contributed by atoms with Crippen molar-refractivity contribution in [1.29, 1.82) is 0 Å². The summed E-state index contributed by atoms with van der Waals surface area (Å²) in [5.74, 6) is 1.98. The van der Waals surface area contributed by atoms with Gasteiger partial charge >= 0.3 is 0 Å². The third kappa shape index (κ3) is 6.32. The number of anilines is 4. The molecule has 0 atom stereocenters. The van der Waals surface area contributed by atoms with E-state index in [1.54, 1.807) is 9.80 Å². The normalized spacial score (nSPS) is 11.2. The standard InChI is InChI=1S/C22H40N8O4/c1-5-27(6-2)21-23-17-18(19(25-21)29(9-13-31)10-14-32)24-22(28(7-3)8-4)26-20(17)30(11-15-33)12-16-34/h31-34H,5-16H2,1-4H3. The van der Waals surface area contributed by atoms with Gasteiger partial charge in [0.2, 0.25) is 11.9 Å². The van der Waals surface area contributed by atoms with Crippen LogP contribution in [0.1, 0.15) is 27.7 Å². The van der Waals surface area contributed by atoms with E-state index in [1.165, 1.54) is 0 Å². The monoisotopic (exact) mass is 480 g/mol. The summed E-state index contributed by atoms with van der Waals surface area (Å²) in [6, 6.07) is 0. The Kier molecular flexibility index (Phi) is 11.4. The molecular weight excluding hydrogens is 440 g/mol. The Morgan fingerprint density at radius 1 is 0.471 bits per heavy atom. The van der Waals surface area contributed by atoms with Crippen LogP contribution in [-0.4, -0.2) is 119 Å². The fourth-order valence-corrected chi connectivity index (χ4v) is 3.83. The van der Waals surface area contributed by atoms with Gasteiger partial charge in [-0.1, -0.05) is 0 Å². The van der Waals surface area contributed by atoms with E-state index in [4.69, 9.17) is 19.9 Å². The maximum atomic E-state index is 9.69. The van der Waals surface area contributed by atoms with Crippen LogP contribution in [0.4, 0.5) is 23.5 Å². The molecule has 0 spiro atoms. The first-order valence-electron chi connectivity index (χ1n) is 12.1. The lowest BCUT2D eigenvalue weighted by Crippen LogP contribution is -2.34. The molecule has 34 heavy (non-hydrogen) atoms. The molecule has 0 aliphatic heterocycles. The van der Waals surface area contributed by atoms with Crippen molar-refractivity contribution in [2.75, 3.05) is 98.4 Å². The average molecular weight is 481 g/mol. The Morgan fingerprint density at radius 2 is 0.765 bits per heavy atom. The molecule has 2 heterocycles. The summed E-state index contributed by atoms with van der Waals surface area (Å²) in [5.41, 5.74) is 0.983. The van der Waals surface area contributed by atoms with Crippen LogP contribution in [0.2, 0.25) is 0 Å². The fourth-order valence-electron chi connectivity index (χ4n) is 3.83. The molecule has 0 fully saturated rings. The van der Waals surface area contributed by atoms with Gasteiger partial charge in [-0.3, -0.25) is 0 Å². The quantitative estimate of drug-likeness (QED) is 0.250. The van der Waals surface area contributed by atoms with Crippen LogP contribution < -0.4 is 19.6 Å². The van der Waals surface area contributed by atoms with Gasteiger partial charge in [-0.25, -0.2) is 9.97 Å². The smallest absolute Gasteiger partial charge is 0.228 e. The van der Waals surface area contributed by atoms with Crippen LogP contribution >= 0.6 is 0 Å². The van der Waals surface area contributed by atoms with Gasteiger partial charge in [0.25, 0.3) is 0 Å². The molecule has 0 saturated carbocycles. The molecule has 0 aromatic carbocycles. The van der Waals surface area contributed by atoms with E-state index in [9.17, 15) is 20.4 Å². The van der Waals surface area contributed by atoms with Crippen LogP contribution in [0.15, 0.2) is 0 Å². The van der Waals surface area contributed by atoms with E-state index in [0.29, 0.717) is 60.7 Å². The summed E-state index contributed by atoms with van der Waals surface area (Å²) in [6.07, 6.45) is 0. The number of fused-ring (bicyclic) bond motifs is 1. The van der Waals surface area contributed by atoms with E-state index < -0.39 is 0 Å². The minimum atomic E-state index is -0.117. The molecule has 192 valence electrons. The second-order valence-corrected chi connectivity index (χ2v) is 7.60. The minimum absolute atomic E-state index is 0.117. The zero-order valence-corrected chi connectivity index (χ0v) is 20.9. The number of nitrogens with zero attached hydrogens (tertiary/aromatic N) is 8. The number of aliphatic hydroxyl groups is 4. The third-order valence-corrected chi connectivity index (χ3v) is 5.65. The Morgan fingerprint density at radius 3 is 1.00 bits per heavy atom. The predicted molar refractivity (Wildman–Crippen MR) is 135 cm³/mol. The van der Waals surface area contributed by atoms with Gasteiger partial charge in [-0.2, -0.15) is 9.97 Å². The van der Waals surface area contributed by atoms with Crippen molar-refractivity contribution >= 4 is 34.6 Å². The molecule has 0 radical (unpaired) electrons. The second kappa shape index (κ2) is 14.0. The van der Waals surface area contributed by atoms with Crippen LogP contribution in [0.25, 0.3) is 11.0 Å². The molecular formula is C22H40N8O4. The molecule has 2 aromatic rings. The molecule has 4 N–H and O–H groups in total. The first-order chi connectivity index (χ1) is 16.5. The minimum Gasteiger partial charge on any atom is -0.395 e. The Labute approximate surface area is 201 Å². The first kappa shape index (κ1) is 27.7. The van der Waals surface area contributed by atoms with E-state index >= 15 is 0 Å². The zero-order chi connectivity index (χ0) is 25.1. The van der Waals surface area contributed by atoms with Crippen molar-refractivity contribution in [3.8, 4) is 0 Å². The number of hydrogen-bond donors (Lipinski definition) is 4. The van der Waals surface area contributed by atoms with Crippen molar-refractivity contribution in [3.63, 3.8) is 0 Å². The van der Waals surface area contributed by atoms with Crippen molar-refractivity contribution in [3.05, 3.63) is 0 Å². The van der Waals surface area contributed by atoms with Crippen molar-refractivity contribution in [1.82, 2.24) is 19.9 Å². The summed E-state index contributed by atoms with van der Waals surface area (Å²) in [4.78, 5) is 26.9. The van der Waals surface area contributed by atoms with Crippen LogP contribution in [-0.2, 0) is 0 Å². The Balaban J connectivity index is 2.96. The number of aromatic nitrogens is 4. The van der Waals surface area contributed by atoms with Gasteiger partial charge in [0, 0.05) is 52.4 Å². The van der Waals surface area contributed by atoms with Crippen molar-refractivity contribution in [2.24, 2.45) is 0 Å². The van der Waals surface area contributed by atoms with Gasteiger partial charge in [0.15, 0.2) is 11.6 Å². The first-order valence-corrected chi connectivity index (χ1v) is 12.1. The highest BCUT2D eigenvalue weighted by molar-refractivity contribution is 5.95. The third-order valence-electron chi connectivity index (χ3n) is 5.65. The summed E-state index contributed by atoms with van der Waals surface area (Å²) in [5, 5.41) is 38.7. The van der Waals surface area contributed by atoms with Gasteiger partial charge in [-0.15, -0.1) is 0 Å². The largest absolute Gasteiger partial charge is 0.395 e. The van der Waals surface area contributed by atoms with Gasteiger partial charge in [0.1, 0.15) is 11.0 Å². The summed E-state index contributed by atoms with van der Waals surface area (Å²) >= 11 is 0. The van der Waals surface area contributed by atoms with Gasteiger partial charge in [-0.05, 0) is 27.7 Å². The van der Waals surface area contributed by atoms with E-state index in [2.05, 4.69) is 0 Å². The Bertz CT molecular complexity index is 796. The van der Waals surface area contributed by atoms with E-state index in [-0.39, 0.29) is 52.6 Å². The molecule has 0 bridgehead atoms. The summed E-state index contributed by atoms with van der Waals surface area (Å²) < 4.78 is 0. The average Bonchev–Trinajstić information content (AvgIpc) is 2.84. The maximum absolute atomic E-state index is 9.69. The lowest BCUT2D eigenvalue weighted by atomic mass is 10.3. The van der Waals surface area contributed by atoms with E-state index in [0.717, 1.165) is 0 Å². The summed E-state index contributed by atoms with van der Waals surface area (Å²) in [6.45, 7) is 11.4. The Hall–Kier alpha value is -2.54. The molecule has 0 saturated heterocycles. The number of rotatable bonds is 16. The molecule has 0 aliphatic rings. The maximum Gasteiger partial charge on any atom is 0.228 e. The molecule has 2 aromatic heterocycles. The van der Waals surface area contributed by atoms with Crippen LogP contribution in [0.5, 0.6) is 0 Å². The zero-order valence-electron chi connectivity index (χ0n) is 20.9. The molecule has 0 amide bonds. The topological polar surface area (TPSA) is 145 Å². The lowest BCUT2D eigenvalue weighted by Gasteiger charge is -2.29. The van der Waals surface area contributed by atoms with E-state index in [1.807, 2.05) is 37.5 Å². The highest BCUT2D eigenvalue weighted by atomic mass is 16.3. The number of aliphatic hydroxyl groups excluding tert-OH is 4. The summed E-state index contributed by atoms with van der Waals surface area (Å²) in [7, 11) is 0. The van der Waals surface area contributed by atoms with Crippen LogP contribution in [0, 0.1) is 0 Å². The molecule has 2 rings (SSSR count). The fraction of sp³-hybridized carbons (Fsp3) is 0.727. The predicted octanol–water partition coefficient (Wildman–Crippen LogP) is -0.306. The molecule has 0 unspecified atom stereocenters. The van der Waals surface area contributed by atoms with Gasteiger partial charge < -0.3 is 40.0 Å². The molecule has 12 nitrogen and oxygen atoms in total.